The molecule has 0 saturated heterocycles. The van der Waals surface area contributed by atoms with Crippen molar-refractivity contribution in [2.45, 2.75) is 12.5 Å². The lowest BCUT2D eigenvalue weighted by atomic mass is 10.1. The molecule has 156 valence electrons. The lowest BCUT2D eigenvalue weighted by Crippen LogP contribution is -2.17. The van der Waals surface area contributed by atoms with Crippen molar-refractivity contribution < 1.29 is 49.8 Å². The van der Waals surface area contributed by atoms with Gasteiger partial charge in [-0.3, -0.25) is 4.79 Å². The highest BCUT2D eigenvalue weighted by molar-refractivity contribution is 5.98. The number of benzene rings is 2. The summed E-state index contributed by atoms with van der Waals surface area (Å²) in [5.41, 5.74) is -4.20. The van der Waals surface area contributed by atoms with Crippen LogP contribution in [0.3, 0.4) is 0 Å². The molecule has 0 unspecified atom stereocenters. The van der Waals surface area contributed by atoms with Crippen molar-refractivity contribution in [3.8, 4) is 5.75 Å². The average Bonchev–Trinajstić information content (AvgIpc) is 2.61. The highest BCUT2D eigenvalue weighted by atomic mass is 19.4. The zero-order valence-electron chi connectivity index (χ0n) is 14.2. The number of anilines is 2. The van der Waals surface area contributed by atoms with E-state index >= 15 is 0 Å². The van der Waals surface area contributed by atoms with Crippen molar-refractivity contribution in [3.63, 3.8) is 0 Å². The molecule has 0 heterocycles. The standard InChI is InChI=1S/C17H10F7NO4/c1-28-15(27)10-3-4-11(16(19,20)21)13(18)14(10)25-12-5-2-9(6-8(12)7-26)29-17(22,23)24/h2-7,25H,1H3. The summed E-state index contributed by atoms with van der Waals surface area (Å²) in [6.07, 6.45) is -10.1. The molecule has 5 nitrogen and oxygen atoms in total. The van der Waals surface area contributed by atoms with Crippen LogP contribution in [0.25, 0.3) is 0 Å². The molecule has 0 amide bonds. The quantitative estimate of drug-likeness (QED) is 0.411. The van der Waals surface area contributed by atoms with Crippen LogP contribution >= 0.6 is 0 Å². The Hall–Kier alpha value is -3.31. The zero-order chi connectivity index (χ0) is 22.0. The predicted molar refractivity (Wildman–Crippen MR) is 84.5 cm³/mol. The maximum Gasteiger partial charge on any atom is 0.573 e. The molecule has 0 bridgehead atoms. The van der Waals surface area contributed by atoms with Crippen LogP contribution in [0.4, 0.5) is 42.1 Å². The molecule has 0 aliphatic heterocycles. The molecule has 12 heteroatoms. The number of hydrogen-bond donors (Lipinski definition) is 1. The molecular weight excluding hydrogens is 415 g/mol. The Morgan fingerprint density at radius 1 is 1.07 bits per heavy atom. The number of alkyl halides is 6. The van der Waals surface area contributed by atoms with Crippen LogP contribution in [0.1, 0.15) is 26.3 Å². The smallest absolute Gasteiger partial charge is 0.465 e. The van der Waals surface area contributed by atoms with Crippen LogP contribution in [0.15, 0.2) is 30.3 Å². The van der Waals surface area contributed by atoms with Gasteiger partial charge in [0, 0.05) is 11.3 Å². The van der Waals surface area contributed by atoms with Gasteiger partial charge in [-0.1, -0.05) is 0 Å². The Morgan fingerprint density at radius 3 is 2.24 bits per heavy atom. The number of hydrogen-bond acceptors (Lipinski definition) is 5. The first-order chi connectivity index (χ1) is 13.4. The summed E-state index contributed by atoms with van der Waals surface area (Å²) in [6, 6.07) is 3.19. The number of nitrogens with one attached hydrogen (secondary N) is 1. The Labute approximate surface area is 158 Å². The van der Waals surface area contributed by atoms with Gasteiger partial charge < -0.3 is 14.8 Å². The monoisotopic (exact) mass is 425 g/mol. The molecule has 2 rings (SSSR count). The van der Waals surface area contributed by atoms with E-state index in [2.05, 4.69) is 14.8 Å². The summed E-state index contributed by atoms with van der Waals surface area (Å²) < 4.78 is 98.3. The van der Waals surface area contributed by atoms with Crippen LogP contribution in [-0.2, 0) is 10.9 Å². The number of esters is 1. The minimum absolute atomic E-state index is 0.0644. The van der Waals surface area contributed by atoms with Crippen molar-refractivity contribution in [1.29, 1.82) is 0 Å². The first-order valence-corrected chi connectivity index (χ1v) is 7.47. The van der Waals surface area contributed by atoms with E-state index in [4.69, 9.17) is 0 Å². The fourth-order valence-electron chi connectivity index (χ4n) is 2.28. The van der Waals surface area contributed by atoms with Gasteiger partial charge in [0.25, 0.3) is 0 Å². The van der Waals surface area contributed by atoms with E-state index in [1.54, 1.807) is 0 Å². The summed E-state index contributed by atoms with van der Waals surface area (Å²) in [6.45, 7) is 0. The van der Waals surface area contributed by atoms with Gasteiger partial charge in [0.1, 0.15) is 5.75 Å². The normalized spacial score (nSPS) is 11.7. The van der Waals surface area contributed by atoms with E-state index in [-0.39, 0.29) is 12.0 Å². The topological polar surface area (TPSA) is 64.6 Å². The number of methoxy groups -OCH3 is 1. The Balaban J connectivity index is 2.57. The third-order valence-electron chi connectivity index (χ3n) is 3.50. The molecular formula is C17H10F7NO4. The summed E-state index contributed by atoms with van der Waals surface area (Å²) >= 11 is 0. The van der Waals surface area contributed by atoms with Gasteiger partial charge in [0.2, 0.25) is 0 Å². The zero-order valence-corrected chi connectivity index (χ0v) is 14.2. The third-order valence-corrected chi connectivity index (χ3v) is 3.50. The second-order valence-corrected chi connectivity index (χ2v) is 5.38. The fourth-order valence-corrected chi connectivity index (χ4v) is 2.28. The van der Waals surface area contributed by atoms with Gasteiger partial charge in [0.05, 0.1) is 23.9 Å². The predicted octanol–water partition coefficient (Wildman–Crippen LogP) is 5.09. The van der Waals surface area contributed by atoms with Gasteiger partial charge in [-0.05, 0) is 30.3 Å². The van der Waals surface area contributed by atoms with Crippen LogP contribution in [-0.4, -0.2) is 25.7 Å². The number of carbonyl (C=O) groups is 2. The molecule has 0 aliphatic carbocycles. The molecule has 0 spiro atoms. The average molecular weight is 425 g/mol. The van der Waals surface area contributed by atoms with Crippen molar-refractivity contribution in [1.82, 2.24) is 0 Å². The molecule has 1 N–H and O–H groups in total. The molecule has 0 radical (unpaired) electrons. The SMILES string of the molecule is COC(=O)c1ccc(C(F)(F)F)c(F)c1Nc1ccc(OC(F)(F)F)cc1C=O. The highest BCUT2D eigenvalue weighted by Gasteiger charge is 2.37. The fraction of sp³-hybridized carbons (Fsp3) is 0.176. The molecule has 0 saturated carbocycles. The second kappa shape index (κ2) is 7.97. The molecule has 0 aliphatic rings. The van der Waals surface area contributed by atoms with Crippen molar-refractivity contribution >= 4 is 23.6 Å². The molecule has 2 aromatic carbocycles. The second-order valence-electron chi connectivity index (χ2n) is 5.38. The number of carbonyl (C=O) groups excluding carboxylic acids is 2. The number of rotatable bonds is 5. The number of halogens is 7. The van der Waals surface area contributed by atoms with Crippen LogP contribution in [0, 0.1) is 5.82 Å². The maximum atomic E-state index is 14.5. The van der Waals surface area contributed by atoms with E-state index in [9.17, 15) is 40.3 Å². The Morgan fingerprint density at radius 2 is 1.72 bits per heavy atom. The summed E-state index contributed by atoms with van der Waals surface area (Å²) in [4.78, 5) is 23.0. The summed E-state index contributed by atoms with van der Waals surface area (Å²) in [7, 11) is 0.905. The molecule has 0 aromatic heterocycles. The van der Waals surface area contributed by atoms with E-state index in [0.717, 1.165) is 19.2 Å². The van der Waals surface area contributed by atoms with Crippen LogP contribution < -0.4 is 10.1 Å². The first-order valence-electron chi connectivity index (χ1n) is 7.47. The van der Waals surface area contributed by atoms with E-state index in [1.165, 1.54) is 0 Å². The van der Waals surface area contributed by atoms with E-state index in [0.29, 0.717) is 18.2 Å². The number of ether oxygens (including phenoxy) is 2. The Kier molecular flexibility index (Phi) is 6.04. The molecule has 2 aromatic rings. The van der Waals surface area contributed by atoms with Crippen LogP contribution in [0.2, 0.25) is 0 Å². The van der Waals surface area contributed by atoms with Gasteiger partial charge in [-0.15, -0.1) is 13.2 Å². The Bertz CT molecular complexity index is 939. The van der Waals surface area contributed by atoms with Crippen LogP contribution in [0.5, 0.6) is 5.75 Å². The summed E-state index contributed by atoms with van der Waals surface area (Å²) in [5.74, 6) is -3.85. The molecule has 0 fully saturated rings. The first kappa shape index (κ1) is 22.0. The third kappa shape index (κ3) is 5.15. The van der Waals surface area contributed by atoms with Gasteiger partial charge in [-0.2, -0.15) is 13.2 Å². The minimum Gasteiger partial charge on any atom is -0.465 e. The van der Waals surface area contributed by atoms with Crippen molar-refractivity contribution in [3.05, 3.63) is 52.8 Å². The maximum absolute atomic E-state index is 14.5. The van der Waals surface area contributed by atoms with Gasteiger partial charge >= 0.3 is 18.5 Å². The largest absolute Gasteiger partial charge is 0.573 e. The molecule has 29 heavy (non-hydrogen) atoms. The van der Waals surface area contributed by atoms with E-state index in [1.807, 2.05) is 0 Å². The van der Waals surface area contributed by atoms with Gasteiger partial charge in [-0.25, -0.2) is 9.18 Å². The number of aldehydes is 1. The molecule has 0 atom stereocenters. The van der Waals surface area contributed by atoms with Gasteiger partial charge in [0.15, 0.2) is 12.1 Å². The van der Waals surface area contributed by atoms with Crippen molar-refractivity contribution in [2.24, 2.45) is 0 Å². The van der Waals surface area contributed by atoms with Crippen molar-refractivity contribution in [2.75, 3.05) is 12.4 Å². The highest BCUT2D eigenvalue weighted by Crippen LogP contribution is 2.37. The van der Waals surface area contributed by atoms with E-state index < -0.39 is 52.5 Å². The minimum atomic E-state index is -5.10. The summed E-state index contributed by atoms with van der Waals surface area (Å²) in [5, 5.41) is 2.13. The lowest BCUT2D eigenvalue weighted by molar-refractivity contribution is -0.274. The lowest BCUT2D eigenvalue weighted by Gasteiger charge is -2.17.